The maximum atomic E-state index is 12.6. The van der Waals surface area contributed by atoms with Gasteiger partial charge >= 0.3 is 0 Å². The van der Waals surface area contributed by atoms with Gasteiger partial charge in [0, 0.05) is 49.5 Å². The predicted octanol–water partition coefficient (Wildman–Crippen LogP) is 14.9. The molecule has 0 heterocycles. The van der Waals surface area contributed by atoms with Crippen molar-refractivity contribution < 1.29 is 28.8 Å². The van der Waals surface area contributed by atoms with Crippen LogP contribution >= 0.6 is 0 Å². The molecule has 0 unspecified atom stereocenters. The van der Waals surface area contributed by atoms with Crippen molar-refractivity contribution in [1.29, 1.82) is 0 Å². The Morgan fingerprint density at radius 1 is 0.238 bits per heavy atom. The number of carbonyl (C=O) groups excluding carboxylic acids is 6. The lowest BCUT2D eigenvalue weighted by Gasteiger charge is -2.23. The quantitative estimate of drug-likeness (QED) is 0.0857. The Hall–Kier alpha value is -7.18. The Kier molecular flexibility index (Phi) is 11.2. The number of benzene rings is 10. The lowest BCUT2D eigenvalue weighted by Crippen LogP contribution is -2.17. The summed E-state index contributed by atoms with van der Waals surface area (Å²) >= 11 is 0. The van der Waals surface area contributed by atoms with E-state index in [9.17, 15) is 28.8 Å². The van der Waals surface area contributed by atoms with E-state index in [1.807, 2.05) is 104 Å². The van der Waals surface area contributed by atoms with Crippen LogP contribution in [0.4, 0.5) is 0 Å². The third-order valence-electron chi connectivity index (χ3n) is 12.3. The molecule has 0 amide bonds. The number of Topliss-reactive ketones (excluding diaryl/α,β-unsaturated/α-hetero) is 6. The smallest absolute Gasteiger partial charge is 0.171 e. The fourth-order valence-corrected chi connectivity index (χ4v) is 10.0. The molecule has 3 aliphatic rings. The van der Waals surface area contributed by atoms with E-state index >= 15 is 0 Å². The molecule has 6 nitrogen and oxygen atoms in total. The van der Waals surface area contributed by atoms with Crippen molar-refractivity contribution in [3.05, 3.63) is 143 Å². The van der Waals surface area contributed by atoms with Crippen LogP contribution in [0.25, 0.3) is 86.2 Å². The van der Waals surface area contributed by atoms with E-state index in [4.69, 9.17) is 0 Å². The summed E-state index contributed by atoms with van der Waals surface area (Å²) in [6.45, 7) is 16.0. The minimum Gasteiger partial charge on any atom is -0.294 e. The van der Waals surface area contributed by atoms with E-state index in [-0.39, 0.29) is 54.0 Å². The SMILES string of the molecule is CC.CC.CC.CC.O=C1CC(=O)c2ccc3c4ccc5c6c(ccc(c7ccc1c2c73)c64)C(=O)CC5=O.O=C1CC(=O)c2ccc3c4cccc5cccc(c6ccc1c2c63)c54. The zero-order valence-corrected chi connectivity index (χ0v) is 37.0. The van der Waals surface area contributed by atoms with Gasteiger partial charge in [-0.3, -0.25) is 28.8 Å². The van der Waals surface area contributed by atoms with E-state index < -0.39 is 0 Å². The van der Waals surface area contributed by atoms with Crippen LogP contribution in [0, 0.1) is 0 Å². The standard InChI is InChI=1S/C26H12O4.C23H12O2.4C2H6/c27-19-9-20(28)16-7-3-13-14-4-8-18-22(30)10-21(29)17-6-2-12(24(14)26(17)18)11-1-5-15(19)25(16)23(11)13;24-19-11-20(25)18-10-8-16-14-6-2-4-12-3-1-5-13(21(12)14)15-7-9-17(19)23(18)22(15)16;4*1-2/h1-8H,9-10H2;1-10H,11H2;4*1-2H3. The molecule has 0 spiro atoms. The van der Waals surface area contributed by atoms with Crippen LogP contribution in [0.2, 0.25) is 0 Å². The molecule has 10 aromatic rings. The number of fused-ring (bicyclic) bond motifs is 4. The Morgan fingerprint density at radius 2 is 0.444 bits per heavy atom. The highest BCUT2D eigenvalue weighted by molar-refractivity contribution is 6.42. The molecular weight excluding hydrogens is 781 g/mol. The summed E-state index contributed by atoms with van der Waals surface area (Å²) in [4.78, 5) is 75.1. The Bertz CT molecular complexity index is 3230. The van der Waals surface area contributed by atoms with Crippen LogP contribution in [0.3, 0.4) is 0 Å². The first-order valence-corrected chi connectivity index (χ1v) is 22.3. The van der Waals surface area contributed by atoms with Crippen molar-refractivity contribution in [1.82, 2.24) is 0 Å². The average Bonchev–Trinajstić information content (AvgIpc) is 3.33. The molecule has 63 heavy (non-hydrogen) atoms. The van der Waals surface area contributed by atoms with E-state index in [1.165, 1.54) is 21.5 Å². The summed E-state index contributed by atoms with van der Waals surface area (Å²) in [6.07, 6.45) is -0.208. The van der Waals surface area contributed by atoms with Crippen molar-refractivity contribution in [2.45, 2.75) is 74.7 Å². The van der Waals surface area contributed by atoms with Crippen molar-refractivity contribution in [3.63, 3.8) is 0 Å². The second-order valence-electron chi connectivity index (χ2n) is 15.0. The molecule has 0 fully saturated rings. The second kappa shape index (κ2) is 16.6. The molecule has 312 valence electrons. The number of ketones is 6. The molecule has 0 N–H and O–H groups in total. The molecular formula is C57H48O6. The predicted molar refractivity (Wildman–Crippen MR) is 261 cm³/mol. The average molecular weight is 829 g/mol. The van der Waals surface area contributed by atoms with Gasteiger partial charge in [0.15, 0.2) is 34.7 Å². The van der Waals surface area contributed by atoms with Crippen LogP contribution in [0.1, 0.15) is 137 Å². The summed E-state index contributed by atoms with van der Waals surface area (Å²) in [5, 5.41) is 15.9. The highest BCUT2D eigenvalue weighted by Gasteiger charge is 2.31. The third-order valence-corrected chi connectivity index (χ3v) is 12.3. The highest BCUT2D eigenvalue weighted by atomic mass is 16.2. The third kappa shape index (κ3) is 6.06. The van der Waals surface area contributed by atoms with Crippen LogP contribution in [0.5, 0.6) is 0 Å². The van der Waals surface area contributed by atoms with Crippen molar-refractivity contribution in [2.24, 2.45) is 0 Å². The van der Waals surface area contributed by atoms with Crippen molar-refractivity contribution >= 4 is 121 Å². The first-order valence-electron chi connectivity index (χ1n) is 22.3. The van der Waals surface area contributed by atoms with Gasteiger partial charge in [0.25, 0.3) is 0 Å². The topological polar surface area (TPSA) is 102 Å². The molecule has 6 heteroatoms. The van der Waals surface area contributed by atoms with Crippen LogP contribution in [0.15, 0.2) is 109 Å². The molecule has 0 saturated carbocycles. The van der Waals surface area contributed by atoms with Gasteiger partial charge in [0.1, 0.15) is 0 Å². The maximum Gasteiger partial charge on any atom is 0.171 e. The Labute approximate surface area is 365 Å². The highest BCUT2D eigenvalue weighted by Crippen LogP contribution is 2.47. The monoisotopic (exact) mass is 828 g/mol. The fraction of sp³-hybridized carbons (Fsp3) is 0.193. The van der Waals surface area contributed by atoms with E-state index in [1.54, 1.807) is 24.3 Å². The van der Waals surface area contributed by atoms with Gasteiger partial charge in [-0.05, 0) is 70.0 Å². The van der Waals surface area contributed by atoms with Crippen LogP contribution in [-0.2, 0) is 0 Å². The molecule has 3 aliphatic carbocycles. The second-order valence-corrected chi connectivity index (χ2v) is 15.0. The van der Waals surface area contributed by atoms with Gasteiger partial charge in [-0.2, -0.15) is 0 Å². The lowest BCUT2D eigenvalue weighted by molar-refractivity contribution is 0.0874. The number of hydrogen-bond donors (Lipinski definition) is 0. The van der Waals surface area contributed by atoms with E-state index in [0.29, 0.717) is 33.4 Å². The fourth-order valence-electron chi connectivity index (χ4n) is 10.0. The summed E-state index contributed by atoms with van der Waals surface area (Å²) in [5.74, 6) is -0.740. The van der Waals surface area contributed by atoms with E-state index in [2.05, 4.69) is 36.4 Å². The first kappa shape index (κ1) is 42.5. The van der Waals surface area contributed by atoms with Crippen LogP contribution in [-0.4, -0.2) is 34.7 Å². The zero-order chi connectivity index (χ0) is 45.0. The summed E-state index contributed by atoms with van der Waals surface area (Å²) in [5.41, 5.74) is 3.71. The summed E-state index contributed by atoms with van der Waals surface area (Å²) in [7, 11) is 0. The molecule has 0 aromatic heterocycles. The Morgan fingerprint density at radius 3 is 0.667 bits per heavy atom. The molecule has 13 rings (SSSR count). The number of rotatable bonds is 0. The van der Waals surface area contributed by atoms with Gasteiger partial charge in [-0.15, -0.1) is 0 Å². The van der Waals surface area contributed by atoms with Gasteiger partial charge in [0.05, 0.1) is 19.3 Å². The van der Waals surface area contributed by atoms with Crippen LogP contribution < -0.4 is 0 Å². The van der Waals surface area contributed by atoms with Gasteiger partial charge in [-0.1, -0.05) is 165 Å². The van der Waals surface area contributed by atoms with Crippen molar-refractivity contribution in [2.75, 3.05) is 0 Å². The van der Waals surface area contributed by atoms with Crippen molar-refractivity contribution in [3.8, 4) is 0 Å². The maximum absolute atomic E-state index is 12.6. The number of hydrogen-bond acceptors (Lipinski definition) is 6. The van der Waals surface area contributed by atoms with E-state index in [0.717, 1.165) is 64.6 Å². The Balaban J connectivity index is 0.000000151. The summed E-state index contributed by atoms with van der Waals surface area (Å²) in [6, 6.07) is 35.5. The molecule has 0 saturated heterocycles. The first-order chi connectivity index (χ1) is 30.8. The van der Waals surface area contributed by atoms with Gasteiger partial charge < -0.3 is 0 Å². The van der Waals surface area contributed by atoms with Gasteiger partial charge in [0.2, 0.25) is 0 Å². The molecule has 0 aliphatic heterocycles. The molecule has 0 radical (unpaired) electrons. The molecule has 0 atom stereocenters. The normalized spacial score (nSPS) is 13.7. The minimum absolute atomic E-state index is 0.0209. The zero-order valence-electron chi connectivity index (χ0n) is 37.0. The molecule has 10 aromatic carbocycles. The largest absolute Gasteiger partial charge is 0.294 e. The van der Waals surface area contributed by atoms with Gasteiger partial charge in [-0.25, -0.2) is 0 Å². The minimum atomic E-state index is -0.150. The number of carbonyl (C=O) groups is 6. The summed E-state index contributed by atoms with van der Waals surface area (Å²) < 4.78 is 0. The lowest BCUT2D eigenvalue weighted by atomic mass is 9.79. The molecule has 0 bridgehead atoms.